The molecular formula is C26H30N4O6S. The van der Waals surface area contributed by atoms with Crippen LogP contribution in [0.3, 0.4) is 0 Å². The van der Waals surface area contributed by atoms with Gasteiger partial charge >= 0.3 is 0 Å². The second-order valence-corrected chi connectivity index (χ2v) is 9.91. The zero-order valence-electron chi connectivity index (χ0n) is 20.8. The number of aldehydes is 1. The molecular weight excluding hydrogens is 496 g/mol. The van der Waals surface area contributed by atoms with Gasteiger partial charge < -0.3 is 24.6 Å². The lowest BCUT2D eigenvalue weighted by Gasteiger charge is -2.29. The van der Waals surface area contributed by atoms with Crippen molar-refractivity contribution in [3.63, 3.8) is 0 Å². The van der Waals surface area contributed by atoms with Crippen LogP contribution >= 0.6 is 11.3 Å². The Morgan fingerprint density at radius 3 is 2.81 bits per heavy atom. The van der Waals surface area contributed by atoms with E-state index < -0.39 is 17.9 Å². The first kappa shape index (κ1) is 26.5. The van der Waals surface area contributed by atoms with E-state index in [2.05, 4.69) is 15.5 Å². The van der Waals surface area contributed by atoms with E-state index in [4.69, 9.17) is 9.26 Å². The number of aryl methyl sites for hydroxylation is 1. The highest BCUT2D eigenvalue weighted by atomic mass is 32.1. The summed E-state index contributed by atoms with van der Waals surface area (Å²) in [6, 6.07) is 8.80. The van der Waals surface area contributed by atoms with Crippen LogP contribution in [0.4, 0.5) is 0 Å². The molecule has 10 nitrogen and oxygen atoms in total. The van der Waals surface area contributed by atoms with E-state index in [0.717, 1.165) is 21.7 Å². The van der Waals surface area contributed by atoms with Crippen molar-refractivity contribution in [1.29, 1.82) is 0 Å². The Bertz CT molecular complexity index is 1220. The number of benzene rings is 1. The molecule has 0 radical (unpaired) electrons. The van der Waals surface area contributed by atoms with Crippen LogP contribution in [0.15, 0.2) is 40.4 Å². The van der Waals surface area contributed by atoms with Crippen LogP contribution in [0.25, 0.3) is 10.4 Å². The van der Waals surface area contributed by atoms with Crippen LogP contribution in [0.5, 0.6) is 5.88 Å². The Labute approximate surface area is 218 Å². The molecule has 1 saturated heterocycles. The Balaban J connectivity index is 1.41. The fraction of sp³-hybridized carbons (Fsp3) is 0.423. The Morgan fingerprint density at radius 1 is 1.35 bits per heavy atom. The van der Waals surface area contributed by atoms with Crippen LogP contribution in [-0.2, 0) is 20.9 Å². The van der Waals surface area contributed by atoms with Crippen LogP contribution in [0.1, 0.15) is 42.7 Å². The van der Waals surface area contributed by atoms with Gasteiger partial charge in [-0.05, 0) is 42.0 Å². The third kappa shape index (κ3) is 6.05. The number of likely N-dealkylation sites (tertiary alicyclic amines) is 1. The lowest BCUT2D eigenvalue weighted by molar-refractivity contribution is -0.141. The molecule has 0 saturated carbocycles. The molecule has 1 aromatic carbocycles. The van der Waals surface area contributed by atoms with E-state index in [1.54, 1.807) is 23.2 Å². The Morgan fingerprint density at radius 2 is 2.14 bits per heavy atom. The normalized spacial score (nSPS) is 16.8. The molecule has 2 unspecified atom stereocenters. The van der Waals surface area contributed by atoms with Gasteiger partial charge in [0.2, 0.25) is 11.8 Å². The third-order valence-electron chi connectivity index (χ3n) is 6.50. The van der Waals surface area contributed by atoms with Gasteiger partial charge in [0.25, 0.3) is 5.88 Å². The molecule has 0 bridgehead atoms. The van der Waals surface area contributed by atoms with Crippen molar-refractivity contribution in [1.82, 2.24) is 20.4 Å². The van der Waals surface area contributed by atoms with Crippen molar-refractivity contribution in [2.45, 2.75) is 45.2 Å². The average Bonchev–Trinajstić information content (AvgIpc) is 3.67. The van der Waals surface area contributed by atoms with E-state index >= 15 is 0 Å². The molecule has 3 aromatic rings. The number of thiazole rings is 1. The zero-order valence-corrected chi connectivity index (χ0v) is 21.6. The number of ether oxygens (including phenoxy) is 1. The SMILES string of the molecule is Cc1ncsc1-c1ccc(CNC(=O)C2CCCN2C(=O)[C@H](c2cc(OCC=O)no2)C(C)CO)cc1. The first-order chi connectivity index (χ1) is 17.9. The highest BCUT2D eigenvalue weighted by Gasteiger charge is 2.41. The largest absolute Gasteiger partial charge is 0.468 e. The summed E-state index contributed by atoms with van der Waals surface area (Å²) >= 11 is 1.59. The smallest absolute Gasteiger partial charge is 0.254 e. The zero-order chi connectivity index (χ0) is 26.4. The fourth-order valence-electron chi connectivity index (χ4n) is 4.50. The number of hydrogen-bond acceptors (Lipinski definition) is 9. The highest BCUT2D eigenvalue weighted by molar-refractivity contribution is 7.13. The number of nitrogens with one attached hydrogen (secondary N) is 1. The van der Waals surface area contributed by atoms with Gasteiger partial charge in [0.15, 0.2) is 12.0 Å². The molecule has 4 rings (SSSR count). The Hall–Kier alpha value is -3.57. The minimum Gasteiger partial charge on any atom is -0.468 e. The average molecular weight is 527 g/mol. The van der Waals surface area contributed by atoms with Crippen LogP contribution in [-0.4, -0.2) is 64.0 Å². The standard InChI is InChI=1S/C26H30N4O6S/c1-16(14-32)23(21-12-22(29-36-21)35-11-10-31)26(34)30-9-3-4-20(30)25(33)27-13-18-5-7-19(8-6-18)24-17(2)28-15-37-24/h5-8,10,12,15-16,20,23,32H,3-4,9,11,13-14H2,1-2H3,(H,27,33)/t16?,20?,23-/m0/s1. The summed E-state index contributed by atoms with van der Waals surface area (Å²) < 4.78 is 10.5. The Kier molecular flexibility index (Phi) is 8.67. The minimum atomic E-state index is -0.845. The number of hydrogen-bond donors (Lipinski definition) is 2. The fourth-order valence-corrected chi connectivity index (χ4v) is 5.31. The first-order valence-corrected chi connectivity index (χ1v) is 13.0. The van der Waals surface area contributed by atoms with Gasteiger partial charge in [0.1, 0.15) is 18.6 Å². The predicted molar refractivity (Wildman–Crippen MR) is 136 cm³/mol. The minimum absolute atomic E-state index is 0.0808. The molecule has 1 aliphatic rings. The van der Waals surface area contributed by atoms with Gasteiger partial charge in [0.05, 0.1) is 16.1 Å². The summed E-state index contributed by atoms with van der Waals surface area (Å²) in [4.78, 5) is 44.2. The van der Waals surface area contributed by atoms with Crippen molar-refractivity contribution in [2.75, 3.05) is 19.8 Å². The number of carbonyl (C=O) groups excluding carboxylic acids is 3. The van der Waals surface area contributed by atoms with Crippen molar-refractivity contribution >= 4 is 29.4 Å². The quantitative estimate of drug-likeness (QED) is 0.364. The molecule has 2 N–H and O–H groups in total. The summed E-state index contributed by atoms with van der Waals surface area (Å²) in [5, 5.41) is 16.5. The summed E-state index contributed by atoms with van der Waals surface area (Å²) in [7, 11) is 0. The van der Waals surface area contributed by atoms with Crippen molar-refractivity contribution in [3.05, 3.63) is 52.9 Å². The molecule has 1 aliphatic heterocycles. The number of aromatic nitrogens is 2. The highest BCUT2D eigenvalue weighted by Crippen LogP contribution is 2.32. The molecule has 11 heteroatoms. The van der Waals surface area contributed by atoms with E-state index in [9.17, 15) is 19.5 Å². The molecule has 37 heavy (non-hydrogen) atoms. The number of aliphatic hydroxyl groups is 1. The predicted octanol–water partition coefficient (Wildman–Crippen LogP) is 2.70. The summed E-state index contributed by atoms with van der Waals surface area (Å²) in [5.41, 5.74) is 4.84. The molecule has 3 heterocycles. The van der Waals surface area contributed by atoms with E-state index in [0.29, 0.717) is 32.2 Å². The number of nitrogens with zero attached hydrogens (tertiary/aromatic N) is 3. The third-order valence-corrected chi connectivity index (χ3v) is 7.48. The first-order valence-electron chi connectivity index (χ1n) is 12.1. The summed E-state index contributed by atoms with van der Waals surface area (Å²) in [5.74, 6) is -1.57. The summed E-state index contributed by atoms with van der Waals surface area (Å²) in [6.07, 6.45) is 1.82. The maximum atomic E-state index is 13.6. The van der Waals surface area contributed by atoms with Crippen LogP contribution in [0, 0.1) is 12.8 Å². The molecule has 2 amide bonds. The topological polar surface area (TPSA) is 135 Å². The second-order valence-electron chi connectivity index (χ2n) is 9.05. The number of amides is 2. The maximum absolute atomic E-state index is 13.6. The van der Waals surface area contributed by atoms with E-state index in [1.807, 2.05) is 36.7 Å². The van der Waals surface area contributed by atoms with E-state index in [1.165, 1.54) is 6.07 Å². The van der Waals surface area contributed by atoms with Gasteiger partial charge in [-0.2, -0.15) is 0 Å². The number of aliphatic hydroxyl groups excluding tert-OH is 1. The van der Waals surface area contributed by atoms with Crippen LogP contribution < -0.4 is 10.1 Å². The lowest BCUT2D eigenvalue weighted by Crippen LogP contribution is -2.48. The molecule has 0 spiro atoms. The number of rotatable bonds is 11. The van der Waals surface area contributed by atoms with E-state index in [-0.39, 0.29) is 36.7 Å². The monoisotopic (exact) mass is 526 g/mol. The van der Waals surface area contributed by atoms with Crippen molar-refractivity contribution in [3.8, 4) is 16.3 Å². The molecule has 1 fully saturated rings. The lowest BCUT2D eigenvalue weighted by atomic mass is 9.90. The second kappa shape index (κ2) is 12.1. The molecule has 196 valence electrons. The van der Waals surface area contributed by atoms with Crippen molar-refractivity contribution in [2.24, 2.45) is 5.92 Å². The maximum Gasteiger partial charge on any atom is 0.254 e. The molecule has 3 atom stereocenters. The van der Waals surface area contributed by atoms with Gasteiger partial charge in [-0.1, -0.05) is 31.2 Å². The van der Waals surface area contributed by atoms with Gasteiger partial charge in [0, 0.05) is 25.8 Å². The summed E-state index contributed by atoms with van der Waals surface area (Å²) in [6.45, 7) is 4.01. The van der Waals surface area contributed by atoms with Gasteiger partial charge in [-0.3, -0.25) is 14.4 Å². The molecule has 0 aliphatic carbocycles. The van der Waals surface area contributed by atoms with Gasteiger partial charge in [-0.25, -0.2) is 4.98 Å². The molecule has 2 aromatic heterocycles. The van der Waals surface area contributed by atoms with Crippen molar-refractivity contribution < 1.29 is 28.8 Å². The van der Waals surface area contributed by atoms with Crippen LogP contribution in [0.2, 0.25) is 0 Å². The number of carbonyl (C=O) groups is 3. The van der Waals surface area contributed by atoms with Gasteiger partial charge in [-0.15, -0.1) is 11.3 Å².